The molecular formula is C24H23BrINO4S. The fraction of sp³-hybridized carbons (Fsp3) is 0.333. The Morgan fingerprint density at radius 1 is 1.28 bits per heavy atom. The number of hydrogen-bond acceptors (Lipinski definition) is 6. The van der Waals surface area contributed by atoms with Gasteiger partial charge in [-0.2, -0.15) is 0 Å². The molecule has 168 valence electrons. The molecule has 2 unspecified atom stereocenters. The van der Waals surface area contributed by atoms with Crippen LogP contribution in [-0.4, -0.2) is 40.8 Å². The van der Waals surface area contributed by atoms with Gasteiger partial charge >= 0.3 is 0 Å². The van der Waals surface area contributed by atoms with Crippen molar-refractivity contribution < 1.29 is 19.7 Å². The maximum atomic E-state index is 12.9. The lowest BCUT2D eigenvalue weighted by molar-refractivity contribution is -0.121. The van der Waals surface area contributed by atoms with Crippen LogP contribution < -0.4 is 0 Å². The molecule has 4 atom stereocenters. The van der Waals surface area contributed by atoms with Crippen LogP contribution >= 0.6 is 50.3 Å². The van der Waals surface area contributed by atoms with E-state index in [1.165, 1.54) is 13.2 Å². The third-order valence-electron chi connectivity index (χ3n) is 6.33. The van der Waals surface area contributed by atoms with E-state index in [2.05, 4.69) is 55.6 Å². The van der Waals surface area contributed by atoms with E-state index in [0.717, 1.165) is 14.9 Å². The van der Waals surface area contributed by atoms with Crippen molar-refractivity contribution in [3.05, 3.63) is 63.8 Å². The molecular weight excluding hydrogens is 605 g/mol. The number of fused-ring (bicyclic) bond motifs is 3. The summed E-state index contributed by atoms with van der Waals surface area (Å²) in [7, 11) is 3.27. The zero-order valence-corrected chi connectivity index (χ0v) is 22.1. The van der Waals surface area contributed by atoms with E-state index in [1.54, 1.807) is 18.8 Å². The lowest BCUT2D eigenvalue weighted by Gasteiger charge is -2.51. The molecule has 32 heavy (non-hydrogen) atoms. The highest BCUT2D eigenvalue weighted by molar-refractivity contribution is 14.1. The Labute approximate surface area is 213 Å². The largest absolute Gasteiger partial charge is 0.504 e. The normalized spacial score (nSPS) is 27.1. The number of methoxy groups -OCH3 is 1. The third-order valence-corrected chi connectivity index (χ3v) is 9.59. The molecule has 2 aliphatic rings. The van der Waals surface area contributed by atoms with Gasteiger partial charge in [0, 0.05) is 61.5 Å². The van der Waals surface area contributed by atoms with Crippen molar-refractivity contribution in [2.45, 2.75) is 22.0 Å². The quantitative estimate of drug-likeness (QED) is 0.189. The average molecular weight is 628 g/mol. The van der Waals surface area contributed by atoms with E-state index in [0.29, 0.717) is 15.8 Å². The van der Waals surface area contributed by atoms with Crippen LogP contribution in [0.3, 0.4) is 0 Å². The highest BCUT2D eigenvalue weighted by Crippen LogP contribution is 2.61. The topological polar surface area (TPSA) is 79.1 Å². The molecule has 2 aliphatic carbocycles. The first-order chi connectivity index (χ1) is 15.4. The van der Waals surface area contributed by atoms with Gasteiger partial charge in [0.15, 0.2) is 23.0 Å². The summed E-state index contributed by atoms with van der Waals surface area (Å²) in [5, 5.41) is 21.4. The van der Waals surface area contributed by atoms with Crippen molar-refractivity contribution in [2.75, 3.05) is 18.6 Å². The molecule has 0 amide bonds. The number of benzene rings is 2. The number of rotatable bonds is 5. The van der Waals surface area contributed by atoms with Crippen molar-refractivity contribution >= 4 is 62.3 Å². The molecule has 4 rings (SSSR count). The number of phenols is 2. The van der Waals surface area contributed by atoms with Gasteiger partial charge in [0.2, 0.25) is 0 Å². The van der Waals surface area contributed by atoms with E-state index in [1.807, 2.05) is 30.5 Å². The summed E-state index contributed by atoms with van der Waals surface area (Å²) in [6.07, 6.45) is 4.06. The maximum absolute atomic E-state index is 12.9. The van der Waals surface area contributed by atoms with Crippen molar-refractivity contribution in [3.8, 4) is 11.5 Å². The highest BCUT2D eigenvalue weighted by Gasteiger charge is 2.55. The summed E-state index contributed by atoms with van der Waals surface area (Å²) in [5.74, 6) is -0.238. The number of halogens is 2. The predicted octanol–water partition coefficient (Wildman–Crippen LogP) is 5.82. The lowest BCUT2D eigenvalue weighted by Crippen LogP contribution is -2.50. The summed E-state index contributed by atoms with van der Waals surface area (Å²) in [5.41, 5.74) is 0.917. The standard InChI is InChI=1S/C24H23BrINO4S/c1-27-11-16-17-9-20(31-2)19(29)10-24(17,12-26)21-15(7-8-18(28)22(21)30)23(16)32-14-5-3-13(25)4-6-14/h3-9,11,16-17,23,28,30H,10,12H2,1-2H3/t16?,17?,23-,24+/m1/s1. The number of thioether (sulfide) groups is 1. The first-order valence-electron chi connectivity index (χ1n) is 10.1. The number of nitrogens with zero attached hydrogens (tertiary/aromatic N) is 1. The van der Waals surface area contributed by atoms with Crippen molar-refractivity contribution in [2.24, 2.45) is 16.8 Å². The van der Waals surface area contributed by atoms with Crippen LogP contribution in [0.15, 0.2) is 62.6 Å². The number of hydrogen-bond donors (Lipinski definition) is 2. The molecule has 2 N–H and O–H groups in total. The van der Waals surface area contributed by atoms with Gasteiger partial charge in [-0.25, -0.2) is 0 Å². The highest BCUT2D eigenvalue weighted by atomic mass is 127. The molecule has 2 aromatic rings. The number of aliphatic imine (C=N–C) groups is 1. The Hall–Kier alpha value is -1.52. The SMILES string of the molecule is CN=CC1C2C=C(OC)C(=O)C[C@@]2(CI)c2c(ccc(O)c2O)[C@H]1Sc1ccc(Br)cc1. The van der Waals surface area contributed by atoms with Gasteiger partial charge in [-0.05, 0) is 42.0 Å². The molecule has 0 spiro atoms. The monoisotopic (exact) mass is 627 g/mol. The summed E-state index contributed by atoms with van der Waals surface area (Å²) < 4.78 is 7.02. The van der Waals surface area contributed by atoms with E-state index >= 15 is 0 Å². The summed E-state index contributed by atoms with van der Waals surface area (Å²) in [6.45, 7) is 0. The van der Waals surface area contributed by atoms with Gasteiger partial charge in [0.1, 0.15) is 0 Å². The molecule has 2 aromatic carbocycles. The minimum absolute atomic E-state index is 0.0434. The van der Waals surface area contributed by atoms with Crippen molar-refractivity contribution in [1.29, 1.82) is 0 Å². The molecule has 5 nitrogen and oxygen atoms in total. The zero-order chi connectivity index (χ0) is 23.0. The molecule has 0 saturated carbocycles. The number of carbonyl (C=O) groups excluding carboxylic acids is 1. The molecule has 0 radical (unpaired) electrons. The fourth-order valence-corrected chi connectivity index (χ4v) is 7.65. The molecule has 0 heterocycles. The Morgan fingerprint density at radius 3 is 2.62 bits per heavy atom. The molecule has 0 aliphatic heterocycles. The summed E-state index contributed by atoms with van der Waals surface area (Å²) >= 11 is 7.47. The second kappa shape index (κ2) is 9.38. The van der Waals surface area contributed by atoms with E-state index in [4.69, 9.17) is 4.74 Å². The zero-order valence-electron chi connectivity index (χ0n) is 17.6. The van der Waals surface area contributed by atoms with Crippen LogP contribution in [0.1, 0.15) is 22.8 Å². The first kappa shape index (κ1) is 23.6. The molecule has 0 saturated heterocycles. The number of Topliss-reactive ketones (excluding diaryl/α,β-unsaturated/α-hetero) is 1. The summed E-state index contributed by atoms with van der Waals surface area (Å²) in [6, 6.07) is 11.5. The van der Waals surface area contributed by atoms with Crippen LogP contribution in [0.5, 0.6) is 11.5 Å². The minimum atomic E-state index is -0.666. The van der Waals surface area contributed by atoms with Crippen LogP contribution in [-0.2, 0) is 14.9 Å². The molecule has 0 bridgehead atoms. The van der Waals surface area contributed by atoms with Gasteiger partial charge in [0.05, 0.1) is 7.11 Å². The molecule has 0 fully saturated rings. The van der Waals surface area contributed by atoms with Crippen LogP contribution in [0, 0.1) is 11.8 Å². The minimum Gasteiger partial charge on any atom is -0.504 e. The number of alkyl halides is 1. The third kappa shape index (κ3) is 3.88. The van der Waals surface area contributed by atoms with Gasteiger partial charge in [-0.3, -0.25) is 4.79 Å². The number of phenolic OH excluding ortho intramolecular Hbond substituents is 2. The Morgan fingerprint density at radius 2 is 2.00 bits per heavy atom. The Kier molecular flexibility index (Phi) is 6.93. The van der Waals surface area contributed by atoms with Gasteiger partial charge < -0.3 is 19.9 Å². The van der Waals surface area contributed by atoms with Crippen LogP contribution in [0.25, 0.3) is 0 Å². The van der Waals surface area contributed by atoms with Gasteiger partial charge in [0.25, 0.3) is 0 Å². The second-order valence-electron chi connectivity index (χ2n) is 8.03. The predicted molar refractivity (Wildman–Crippen MR) is 139 cm³/mol. The molecule has 0 aromatic heterocycles. The van der Waals surface area contributed by atoms with Crippen molar-refractivity contribution in [1.82, 2.24) is 0 Å². The van der Waals surface area contributed by atoms with E-state index in [9.17, 15) is 15.0 Å². The number of ketones is 1. The van der Waals surface area contributed by atoms with E-state index in [-0.39, 0.29) is 40.8 Å². The Balaban J connectivity index is 1.98. The number of allylic oxidation sites excluding steroid dienone is 2. The summed E-state index contributed by atoms with van der Waals surface area (Å²) in [4.78, 5) is 18.4. The van der Waals surface area contributed by atoms with Crippen LogP contribution in [0.4, 0.5) is 0 Å². The van der Waals surface area contributed by atoms with Crippen LogP contribution in [0.2, 0.25) is 0 Å². The first-order valence-corrected chi connectivity index (χ1v) is 13.3. The Bertz CT molecular complexity index is 1100. The fourth-order valence-electron chi connectivity index (χ4n) is 4.92. The van der Waals surface area contributed by atoms with Crippen molar-refractivity contribution in [3.63, 3.8) is 0 Å². The number of aromatic hydroxyl groups is 2. The van der Waals surface area contributed by atoms with E-state index < -0.39 is 5.41 Å². The average Bonchev–Trinajstić information content (AvgIpc) is 2.79. The smallest absolute Gasteiger partial charge is 0.197 e. The second-order valence-corrected chi connectivity index (χ2v) is 10.9. The molecule has 8 heteroatoms. The lowest BCUT2D eigenvalue weighted by atomic mass is 9.56. The maximum Gasteiger partial charge on any atom is 0.197 e. The number of carbonyl (C=O) groups is 1. The number of ether oxygens (including phenoxy) is 1. The van der Waals surface area contributed by atoms with Gasteiger partial charge in [-0.15, -0.1) is 11.8 Å². The van der Waals surface area contributed by atoms with Gasteiger partial charge in [-0.1, -0.05) is 44.6 Å².